The van der Waals surface area contributed by atoms with Gasteiger partial charge in [-0.15, -0.1) is 0 Å². The molecule has 0 radical (unpaired) electrons. The number of rotatable bonds is 5. The van der Waals surface area contributed by atoms with Crippen LogP contribution in [0, 0.1) is 5.82 Å². The number of phenols is 2. The summed E-state index contributed by atoms with van der Waals surface area (Å²) in [6.07, 6.45) is 2.43. The second-order valence-corrected chi connectivity index (χ2v) is 5.17. The summed E-state index contributed by atoms with van der Waals surface area (Å²) in [4.78, 5) is 0. The molecule has 2 aromatic carbocycles. The third kappa shape index (κ3) is 3.73. The molecule has 2 aromatic rings. The lowest BCUT2D eigenvalue weighted by Gasteiger charge is -2.13. The van der Waals surface area contributed by atoms with E-state index in [1.54, 1.807) is 24.3 Å². The van der Waals surface area contributed by atoms with Crippen molar-refractivity contribution >= 4 is 0 Å². The van der Waals surface area contributed by atoms with Gasteiger partial charge in [0.25, 0.3) is 0 Å². The fourth-order valence-corrected chi connectivity index (χ4v) is 2.37. The molecule has 106 valence electrons. The minimum Gasteiger partial charge on any atom is -0.508 e. The van der Waals surface area contributed by atoms with Gasteiger partial charge in [0.2, 0.25) is 0 Å². The van der Waals surface area contributed by atoms with Crippen LogP contribution < -0.4 is 0 Å². The van der Waals surface area contributed by atoms with Crippen LogP contribution in [0.2, 0.25) is 0 Å². The van der Waals surface area contributed by atoms with E-state index in [1.807, 2.05) is 13.0 Å². The highest BCUT2D eigenvalue weighted by Crippen LogP contribution is 2.28. The van der Waals surface area contributed by atoms with Crippen LogP contribution in [-0.4, -0.2) is 10.2 Å². The summed E-state index contributed by atoms with van der Waals surface area (Å²) in [6.45, 7) is 2.04. The van der Waals surface area contributed by atoms with Gasteiger partial charge in [0, 0.05) is 6.07 Å². The topological polar surface area (TPSA) is 40.5 Å². The van der Waals surface area contributed by atoms with Crippen LogP contribution in [-0.2, 0) is 6.42 Å². The highest BCUT2D eigenvalue weighted by atomic mass is 19.1. The number of phenolic OH excluding ortho intramolecular Hbond substituents is 2. The minimum absolute atomic E-state index is 0.0703. The maximum absolute atomic E-state index is 13.5. The first-order valence-corrected chi connectivity index (χ1v) is 6.82. The number of aromatic hydroxyl groups is 2. The van der Waals surface area contributed by atoms with Gasteiger partial charge in [0.15, 0.2) is 0 Å². The molecule has 0 aliphatic carbocycles. The van der Waals surface area contributed by atoms with Crippen molar-refractivity contribution in [3.63, 3.8) is 0 Å². The predicted octanol–water partition coefficient (Wildman–Crippen LogP) is 4.36. The molecule has 0 bridgehead atoms. The van der Waals surface area contributed by atoms with Gasteiger partial charge in [0.05, 0.1) is 0 Å². The van der Waals surface area contributed by atoms with Crippen LogP contribution in [0.1, 0.15) is 36.8 Å². The van der Waals surface area contributed by atoms with E-state index in [0.717, 1.165) is 24.0 Å². The van der Waals surface area contributed by atoms with E-state index in [2.05, 4.69) is 0 Å². The maximum Gasteiger partial charge on any atom is 0.126 e. The lowest BCUT2D eigenvalue weighted by molar-refractivity contribution is 0.447. The number of aryl methyl sites for hydroxylation is 1. The second kappa shape index (κ2) is 6.42. The molecule has 0 fully saturated rings. The Morgan fingerprint density at radius 2 is 1.70 bits per heavy atom. The Morgan fingerprint density at radius 3 is 2.35 bits per heavy atom. The van der Waals surface area contributed by atoms with Crippen molar-refractivity contribution in [3.05, 3.63) is 59.4 Å². The van der Waals surface area contributed by atoms with E-state index in [9.17, 15) is 14.6 Å². The van der Waals surface area contributed by atoms with Crippen molar-refractivity contribution in [2.75, 3.05) is 0 Å². The lowest BCUT2D eigenvalue weighted by atomic mass is 9.94. The highest BCUT2D eigenvalue weighted by Gasteiger charge is 2.09. The average Bonchev–Trinajstić information content (AvgIpc) is 2.39. The molecule has 0 aliphatic heterocycles. The normalized spacial score (nSPS) is 12.3. The van der Waals surface area contributed by atoms with E-state index in [1.165, 1.54) is 12.1 Å². The first kappa shape index (κ1) is 14.4. The molecular weight excluding hydrogens is 255 g/mol. The Balaban J connectivity index is 1.92. The van der Waals surface area contributed by atoms with Gasteiger partial charge >= 0.3 is 0 Å². The zero-order valence-corrected chi connectivity index (χ0v) is 11.5. The predicted molar refractivity (Wildman–Crippen MR) is 77.5 cm³/mol. The van der Waals surface area contributed by atoms with E-state index in [0.29, 0.717) is 6.42 Å². The molecule has 1 atom stereocenters. The Hall–Kier alpha value is -2.03. The monoisotopic (exact) mass is 274 g/mol. The molecule has 0 saturated heterocycles. The van der Waals surface area contributed by atoms with Crippen molar-refractivity contribution in [1.82, 2.24) is 0 Å². The van der Waals surface area contributed by atoms with E-state index in [-0.39, 0.29) is 23.2 Å². The minimum atomic E-state index is -0.157. The largest absolute Gasteiger partial charge is 0.508 e. The van der Waals surface area contributed by atoms with Gasteiger partial charge in [0.1, 0.15) is 17.3 Å². The van der Waals surface area contributed by atoms with Crippen molar-refractivity contribution in [3.8, 4) is 11.5 Å². The van der Waals surface area contributed by atoms with Gasteiger partial charge in [-0.1, -0.05) is 25.1 Å². The molecular formula is C17H19FO2. The maximum atomic E-state index is 13.5. The van der Waals surface area contributed by atoms with E-state index >= 15 is 0 Å². The SMILES string of the molecule is CC(CCCc1ccccc1F)c1cc(O)cc(O)c1. The summed E-state index contributed by atoms with van der Waals surface area (Å²) in [7, 11) is 0. The van der Waals surface area contributed by atoms with E-state index < -0.39 is 0 Å². The first-order valence-electron chi connectivity index (χ1n) is 6.82. The van der Waals surface area contributed by atoms with Crippen LogP contribution in [0.3, 0.4) is 0 Å². The van der Waals surface area contributed by atoms with Gasteiger partial charge in [-0.25, -0.2) is 4.39 Å². The second-order valence-electron chi connectivity index (χ2n) is 5.17. The highest BCUT2D eigenvalue weighted by molar-refractivity contribution is 5.38. The summed E-state index contributed by atoms with van der Waals surface area (Å²) in [5.74, 6) is 0.192. The third-order valence-electron chi connectivity index (χ3n) is 3.53. The van der Waals surface area contributed by atoms with Crippen LogP contribution in [0.15, 0.2) is 42.5 Å². The van der Waals surface area contributed by atoms with Crippen molar-refractivity contribution in [1.29, 1.82) is 0 Å². The molecule has 0 aliphatic rings. The van der Waals surface area contributed by atoms with Crippen molar-refractivity contribution < 1.29 is 14.6 Å². The van der Waals surface area contributed by atoms with Crippen molar-refractivity contribution in [2.24, 2.45) is 0 Å². The van der Waals surface area contributed by atoms with Gasteiger partial charge in [-0.05, 0) is 54.5 Å². The van der Waals surface area contributed by atoms with Gasteiger partial charge in [-0.3, -0.25) is 0 Å². The van der Waals surface area contributed by atoms with Crippen LogP contribution in [0.25, 0.3) is 0 Å². The molecule has 2 nitrogen and oxygen atoms in total. The molecule has 0 aromatic heterocycles. The average molecular weight is 274 g/mol. The fraction of sp³-hybridized carbons (Fsp3) is 0.294. The van der Waals surface area contributed by atoms with E-state index in [4.69, 9.17) is 0 Å². The zero-order chi connectivity index (χ0) is 14.5. The molecule has 0 heterocycles. The summed E-state index contributed by atoms with van der Waals surface area (Å²) in [5, 5.41) is 18.9. The molecule has 0 spiro atoms. The quantitative estimate of drug-likeness (QED) is 0.850. The number of benzene rings is 2. The molecule has 0 amide bonds. The number of hydrogen-bond donors (Lipinski definition) is 2. The molecule has 1 unspecified atom stereocenters. The van der Waals surface area contributed by atoms with Crippen LogP contribution >= 0.6 is 0 Å². The number of halogens is 1. The Morgan fingerprint density at radius 1 is 1.05 bits per heavy atom. The lowest BCUT2D eigenvalue weighted by Crippen LogP contribution is -1.96. The van der Waals surface area contributed by atoms with Crippen LogP contribution in [0.4, 0.5) is 4.39 Å². The van der Waals surface area contributed by atoms with Crippen LogP contribution in [0.5, 0.6) is 11.5 Å². The molecule has 0 saturated carbocycles. The standard InChI is InChI=1S/C17H19FO2/c1-12(14-9-15(19)11-16(20)10-14)5-4-7-13-6-2-3-8-17(13)18/h2-3,6,8-12,19-20H,4-5,7H2,1H3. The van der Waals surface area contributed by atoms with Gasteiger partial charge < -0.3 is 10.2 Å². The zero-order valence-electron chi connectivity index (χ0n) is 11.5. The van der Waals surface area contributed by atoms with Gasteiger partial charge in [-0.2, -0.15) is 0 Å². The van der Waals surface area contributed by atoms with Crippen molar-refractivity contribution in [2.45, 2.75) is 32.1 Å². The molecule has 2 rings (SSSR count). The Kier molecular flexibility index (Phi) is 4.61. The summed E-state index contributed by atoms with van der Waals surface area (Å²) in [6, 6.07) is 11.5. The summed E-state index contributed by atoms with van der Waals surface area (Å²) in [5.41, 5.74) is 1.63. The number of hydrogen-bond acceptors (Lipinski definition) is 2. The molecule has 3 heteroatoms. The third-order valence-corrected chi connectivity index (χ3v) is 3.53. The smallest absolute Gasteiger partial charge is 0.126 e. The molecule has 2 N–H and O–H groups in total. The summed E-state index contributed by atoms with van der Waals surface area (Å²) < 4.78 is 13.5. The summed E-state index contributed by atoms with van der Waals surface area (Å²) >= 11 is 0. The molecule has 20 heavy (non-hydrogen) atoms. The fourth-order valence-electron chi connectivity index (χ4n) is 2.37. The first-order chi connectivity index (χ1) is 9.56. The Bertz CT molecular complexity index is 561. The Labute approximate surface area is 118 Å².